The van der Waals surface area contributed by atoms with Gasteiger partial charge in [-0.15, -0.1) is 0 Å². The summed E-state index contributed by atoms with van der Waals surface area (Å²) in [5.74, 6) is 0.728. The summed E-state index contributed by atoms with van der Waals surface area (Å²) < 4.78 is 5.84. The van der Waals surface area contributed by atoms with E-state index >= 15 is 0 Å². The zero-order valence-electron chi connectivity index (χ0n) is 12.9. The van der Waals surface area contributed by atoms with Gasteiger partial charge in [-0.1, -0.05) is 45.9 Å². The van der Waals surface area contributed by atoms with Crippen LogP contribution in [-0.4, -0.2) is 11.8 Å². The third-order valence-electron chi connectivity index (χ3n) is 5.46. The number of nitrogens with one attached hydrogen (secondary N) is 1. The second-order valence-corrected chi connectivity index (χ2v) is 7.16. The SMILES string of the molecule is C[C@@H]1CC[C@@](C)(COC(=S)Nc2ccccc2)C1(C)C. The summed E-state index contributed by atoms with van der Waals surface area (Å²) in [5, 5.41) is 3.60. The molecule has 0 spiro atoms. The van der Waals surface area contributed by atoms with Gasteiger partial charge in [0.05, 0.1) is 6.61 Å². The number of hydrogen-bond donors (Lipinski definition) is 1. The molecule has 0 unspecified atom stereocenters. The van der Waals surface area contributed by atoms with E-state index in [0.717, 1.165) is 11.6 Å². The van der Waals surface area contributed by atoms with Crippen molar-refractivity contribution >= 4 is 23.1 Å². The van der Waals surface area contributed by atoms with Crippen molar-refractivity contribution < 1.29 is 4.74 Å². The first kappa shape index (κ1) is 15.3. The van der Waals surface area contributed by atoms with Crippen LogP contribution < -0.4 is 5.32 Å². The molecule has 1 aromatic carbocycles. The van der Waals surface area contributed by atoms with Gasteiger partial charge in [0.25, 0.3) is 5.17 Å². The van der Waals surface area contributed by atoms with Crippen molar-refractivity contribution in [1.82, 2.24) is 0 Å². The number of para-hydroxylation sites is 1. The molecule has 3 heteroatoms. The largest absolute Gasteiger partial charge is 0.470 e. The average molecular weight is 291 g/mol. The molecule has 2 nitrogen and oxygen atoms in total. The van der Waals surface area contributed by atoms with Gasteiger partial charge in [-0.05, 0) is 48.5 Å². The summed E-state index contributed by atoms with van der Waals surface area (Å²) >= 11 is 5.29. The van der Waals surface area contributed by atoms with Crippen LogP contribution >= 0.6 is 12.2 Å². The van der Waals surface area contributed by atoms with Gasteiger partial charge in [-0.3, -0.25) is 0 Å². The van der Waals surface area contributed by atoms with Crippen LogP contribution in [0.15, 0.2) is 30.3 Å². The first-order valence-corrected chi connectivity index (χ1v) is 7.75. The molecule has 110 valence electrons. The third-order valence-corrected chi connectivity index (χ3v) is 5.68. The molecule has 0 bridgehead atoms. The van der Waals surface area contributed by atoms with Crippen molar-refractivity contribution in [3.63, 3.8) is 0 Å². The molecule has 0 radical (unpaired) electrons. The molecule has 0 heterocycles. The van der Waals surface area contributed by atoms with E-state index in [1.807, 2.05) is 30.3 Å². The Morgan fingerprint density at radius 1 is 1.30 bits per heavy atom. The number of thiocarbonyl (C=S) groups is 1. The van der Waals surface area contributed by atoms with E-state index in [2.05, 4.69) is 33.0 Å². The monoisotopic (exact) mass is 291 g/mol. The van der Waals surface area contributed by atoms with E-state index in [1.54, 1.807) is 0 Å². The van der Waals surface area contributed by atoms with Crippen LogP contribution in [0, 0.1) is 16.7 Å². The first-order chi connectivity index (χ1) is 9.35. The molecular formula is C17H25NOS. The Morgan fingerprint density at radius 2 is 1.95 bits per heavy atom. The fraction of sp³-hybridized carbons (Fsp3) is 0.588. The maximum Gasteiger partial charge on any atom is 0.261 e. The Hall–Kier alpha value is -1.09. The lowest BCUT2D eigenvalue weighted by Crippen LogP contribution is -2.38. The summed E-state index contributed by atoms with van der Waals surface area (Å²) in [6.07, 6.45) is 2.47. The van der Waals surface area contributed by atoms with Crippen molar-refractivity contribution in [2.45, 2.75) is 40.5 Å². The molecule has 0 aromatic heterocycles. The van der Waals surface area contributed by atoms with Gasteiger partial charge in [0.2, 0.25) is 0 Å². The molecule has 20 heavy (non-hydrogen) atoms. The van der Waals surface area contributed by atoms with Crippen LogP contribution in [0.4, 0.5) is 5.69 Å². The predicted molar refractivity (Wildman–Crippen MR) is 88.9 cm³/mol. The molecule has 2 atom stereocenters. The standard InChI is InChI=1S/C17H25NOS/c1-13-10-11-17(4,16(13,2)3)12-19-15(20)18-14-8-6-5-7-9-14/h5-9,13H,10-12H2,1-4H3,(H,18,20)/t13-,17+/m1/s1. The molecule has 2 rings (SSSR count). The van der Waals surface area contributed by atoms with Crippen LogP contribution in [0.1, 0.15) is 40.5 Å². The van der Waals surface area contributed by atoms with Crippen molar-refractivity contribution in [2.75, 3.05) is 11.9 Å². The van der Waals surface area contributed by atoms with Crippen LogP contribution in [-0.2, 0) is 4.74 Å². The lowest BCUT2D eigenvalue weighted by atomic mass is 9.66. The second kappa shape index (κ2) is 5.72. The predicted octanol–water partition coefficient (Wildman–Crippen LogP) is 4.86. The molecule has 0 amide bonds. The van der Waals surface area contributed by atoms with Crippen LogP contribution in [0.3, 0.4) is 0 Å². The Balaban J connectivity index is 1.91. The van der Waals surface area contributed by atoms with Crippen LogP contribution in [0.25, 0.3) is 0 Å². The molecule has 1 aliphatic carbocycles. The highest BCUT2D eigenvalue weighted by Crippen LogP contribution is 2.55. The third kappa shape index (κ3) is 2.98. The van der Waals surface area contributed by atoms with Gasteiger partial charge >= 0.3 is 0 Å². The lowest BCUT2D eigenvalue weighted by molar-refractivity contribution is 0.0370. The summed E-state index contributed by atoms with van der Waals surface area (Å²) in [6, 6.07) is 9.92. The number of benzene rings is 1. The van der Waals surface area contributed by atoms with E-state index < -0.39 is 0 Å². The van der Waals surface area contributed by atoms with E-state index in [1.165, 1.54) is 12.8 Å². The zero-order valence-corrected chi connectivity index (χ0v) is 13.7. The summed E-state index contributed by atoms with van der Waals surface area (Å²) in [4.78, 5) is 0. The molecule has 0 saturated heterocycles. The zero-order chi connectivity index (χ0) is 14.8. The van der Waals surface area contributed by atoms with Crippen molar-refractivity contribution in [1.29, 1.82) is 0 Å². The van der Waals surface area contributed by atoms with Gasteiger partial charge in [-0.2, -0.15) is 0 Å². The van der Waals surface area contributed by atoms with Gasteiger partial charge in [0.15, 0.2) is 0 Å². The fourth-order valence-electron chi connectivity index (χ4n) is 2.97. The van der Waals surface area contributed by atoms with Crippen LogP contribution in [0.5, 0.6) is 0 Å². The van der Waals surface area contributed by atoms with Gasteiger partial charge in [0, 0.05) is 11.1 Å². The molecular weight excluding hydrogens is 266 g/mol. The first-order valence-electron chi connectivity index (χ1n) is 7.34. The minimum Gasteiger partial charge on any atom is -0.470 e. The lowest BCUT2D eigenvalue weighted by Gasteiger charge is -2.40. The molecule has 1 fully saturated rings. The molecule has 0 aliphatic heterocycles. The smallest absolute Gasteiger partial charge is 0.261 e. The van der Waals surface area contributed by atoms with Crippen molar-refractivity contribution in [2.24, 2.45) is 16.7 Å². The van der Waals surface area contributed by atoms with Gasteiger partial charge < -0.3 is 10.1 Å². The maximum atomic E-state index is 5.84. The van der Waals surface area contributed by atoms with E-state index in [0.29, 0.717) is 11.8 Å². The number of anilines is 1. The van der Waals surface area contributed by atoms with E-state index in [9.17, 15) is 0 Å². The molecule has 1 saturated carbocycles. The Morgan fingerprint density at radius 3 is 2.50 bits per heavy atom. The van der Waals surface area contributed by atoms with E-state index in [-0.39, 0.29) is 10.8 Å². The van der Waals surface area contributed by atoms with Crippen LogP contribution in [0.2, 0.25) is 0 Å². The highest BCUT2D eigenvalue weighted by molar-refractivity contribution is 7.80. The molecule has 1 aromatic rings. The number of hydrogen-bond acceptors (Lipinski definition) is 2. The Labute approximate surface area is 127 Å². The Kier molecular flexibility index (Phi) is 4.38. The molecule has 1 aliphatic rings. The summed E-state index contributed by atoms with van der Waals surface area (Å²) in [7, 11) is 0. The maximum absolute atomic E-state index is 5.84. The summed E-state index contributed by atoms with van der Waals surface area (Å²) in [6.45, 7) is 10.0. The topological polar surface area (TPSA) is 21.3 Å². The van der Waals surface area contributed by atoms with E-state index in [4.69, 9.17) is 17.0 Å². The quantitative estimate of drug-likeness (QED) is 0.803. The highest BCUT2D eigenvalue weighted by Gasteiger charge is 2.50. The second-order valence-electron chi connectivity index (χ2n) is 6.79. The minimum absolute atomic E-state index is 0.189. The fourth-order valence-corrected chi connectivity index (χ4v) is 3.15. The highest BCUT2D eigenvalue weighted by atomic mass is 32.1. The normalized spacial score (nSPS) is 28.1. The average Bonchev–Trinajstić information content (AvgIpc) is 2.62. The van der Waals surface area contributed by atoms with Crippen molar-refractivity contribution in [3.05, 3.63) is 30.3 Å². The minimum atomic E-state index is 0.189. The van der Waals surface area contributed by atoms with Crippen molar-refractivity contribution in [3.8, 4) is 0 Å². The van der Waals surface area contributed by atoms with Gasteiger partial charge in [-0.25, -0.2) is 0 Å². The Bertz CT molecular complexity index is 471. The molecule has 1 N–H and O–H groups in total. The number of ether oxygens (including phenoxy) is 1. The summed E-state index contributed by atoms with van der Waals surface area (Å²) in [5.41, 5.74) is 1.45. The van der Waals surface area contributed by atoms with Gasteiger partial charge in [0.1, 0.15) is 0 Å². The number of rotatable bonds is 3.